The van der Waals surface area contributed by atoms with E-state index in [1.807, 2.05) is 31.2 Å². The third kappa shape index (κ3) is 4.00. The summed E-state index contributed by atoms with van der Waals surface area (Å²) in [5.74, 6) is -0.447. The molecule has 2 aromatic carbocycles. The number of amides is 1. The maximum atomic E-state index is 12.5. The Labute approximate surface area is 145 Å². The van der Waals surface area contributed by atoms with Crippen LogP contribution in [0.25, 0.3) is 0 Å². The van der Waals surface area contributed by atoms with E-state index >= 15 is 0 Å². The molecule has 1 unspecified atom stereocenters. The van der Waals surface area contributed by atoms with Crippen molar-refractivity contribution in [3.63, 3.8) is 0 Å². The zero-order valence-corrected chi connectivity index (χ0v) is 15.3. The molecule has 0 saturated carbocycles. The van der Waals surface area contributed by atoms with Gasteiger partial charge in [-0.05, 0) is 30.7 Å². The van der Waals surface area contributed by atoms with Gasteiger partial charge in [0.15, 0.2) is 9.84 Å². The van der Waals surface area contributed by atoms with Crippen LogP contribution in [0.1, 0.15) is 35.8 Å². The largest absolute Gasteiger partial charge is 0.345 e. The van der Waals surface area contributed by atoms with Gasteiger partial charge in [0.2, 0.25) is 0 Å². The number of nitrogens with one attached hydrogen (secondary N) is 1. The van der Waals surface area contributed by atoms with E-state index < -0.39 is 15.7 Å². The molecule has 4 nitrogen and oxygen atoms in total. The highest BCUT2D eigenvalue weighted by Gasteiger charge is 2.22. The van der Waals surface area contributed by atoms with Crippen molar-refractivity contribution >= 4 is 31.7 Å². The number of carbonyl (C=O) groups is 1. The minimum Gasteiger partial charge on any atom is -0.345 e. The highest BCUT2D eigenvalue weighted by molar-refractivity contribution is 9.10. The Bertz CT molecular complexity index is 818. The molecule has 0 aliphatic carbocycles. The maximum Gasteiger partial charge on any atom is 0.253 e. The average molecular weight is 396 g/mol. The third-order valence-electron chi connectivity index (χ3n) is 3.57. The number of rotatable bonds is 5. The zero-order valence-electron chi connectivity index (χ0n) is 12.9. The van der Waals surface area contributed by atoms with Crippen LogP contribution in [0.4, 0.5) is 0 Å². The molecule has 0 fully saturated rings. The summed E-state index contributed by atoms with van der Waals surface area (Å²) in [6, 6.07) is 13.6. The van der Waals surface area contributed by atoms with Crippen LogP contribution in [0.5, 0.6) is 0 Å². The van der Waals surface area contributed by atoms with Gasteiger partial charge in [0.25, 0.3) is 5.91 Å². The second-order valence-corrected chi connectivity index (χ2v) is 8.22. The molecule has 6 heteroatoms. The summed E-state index contributed by atoms with van der Waals surface area (Å²) < 4.78 is 25.2. The van der Waals surface area contributed by atoms with Gasteiger partial charge in [-0.2, -0.15) is 0 Å². The normalized spacial score (nSPS) is 12.7. The predicted molar refractivity (Wildman–Crippen MR) is 94.2 cm³/mol. The summed E-state index contributed by atoms with van der Waals surface area (Å²) in [7, 11) is -3.45. The van der Waals surface area contributed by atoms with Crippen LogP contribution in [0.2, 0.25) is 0 Å². The highest BCUT2D eigenvalue weighted by Crippen LogP contribution is 2.24. The molecule has 0 aliphatic heterocycles. The van der Waals surface area contributed by atoms with Gasteiger partial charge in [-0.1, -0.05) is 53.2 Å². The molecule has 0 radical (unpaired) electrons. The standard InChI is InChI=1S/C17H18BrNO3S/c1-3-23(21,22)16-11-7-5-9-14(16)17(20)19-12(2)13-8-4-6-10-15(13)18/h4-12H,3H2,1-2H3,(H,19,20). The van der Waals surface area contributed by atoms with E-state index in [0.29, 0.717) is 0 Å². The molecule has 0 spiro atoms. The lowest BCUT2D eigenvalue weighted by molar-refractivity contribution is 0.0936. The number of hydrogen-bond acceptors (Lipinski definition) is 3. The van der Waals surface area contributed by atoms with Crippen LogP contribution < -0.4 is 5.32 Å². The Hall–Kier alpha value is -1.66. The fourth-order valence-electron chi connectivity index (χ4n) is 2.26. The molecule has 1 amide bonds. The van der Waals surface area contributed by atoms with Crippen LogP contribution in [-0.2, 0) is 9.84 Å². The lowest BCUT2D eigenvalue weighted by Gasteiger charge is -2.17. The van der Waals surface area contributed by atoms with E-state index in [-0.39, 0.29) is 22.3 Å². The molecule has 23 heavy (non-hydrogen) atoms. The van der Waals surface area contributed by atoms with Crippen molar-refractivity contribution in [2.45, 2.75) is 24.8 Å². The molecular weight excluding hydrogens is 378 g/mol. The SMILES string of the molecule is CCS(=O)(=O)c1ccccc1C(=O)NC(C)c1ccccc1Br. The third-order valence-corrected chi connectivity index (χ3v) is 6.07. The van der Waals surface area contributed by atoms with Gasteiger partial charge in [0, 0.05) is 4.47 Å². The predicted octanol–water partition coefficient (Wildman–Crippen LogP) is 3.73. The van der Waals surface area contributed by atoms with Crippen molar-refractivity contribution in [2.75, 3.05) is 5.75 Å². The first-order chi connectivity index (χ1) is 10.9. The first-order valence-electron chi connectivity index (χ1n) is 7.24. The fourth-order valence-corrected chi connectivity index (χ4v) is 3.98. The van der Waals surface area contributed by atoms with Crippen molar-refractivity contribution in [2.24, 2.45) is 0 Å². The molecule has 0 saturated heterocycles. The Morgan fingerprint density at radius 2 is 1.74 bits per heavy atom. The summed E-state index contributed by atoms with van der Waals surface area (Å²) in [4.78, 5) is 12.6. The van der Waals surface area contributed by atoms with Crippen molar-refractivity contribution in [1.82, 2.24) is 5.32 Å². The van der Waals surface area contributed by atoms with Gasteiger partial charge < -0.3 is 5.32 Å². The molecule has 2 rings (SSSR count). The Morgan fingerprint density at radius 3 is 2.39 bits per heavy atom. The van der Waals surface area contributed by atoms with Crippen LogP contribution in [0, 0.1) is 0 Å². The number of halogens is 1. The molecule has 122 valence electrons. The van der Waals surface area contributed by atoms with E-state index in [9.17, 15) is 13.2 Å². The summed E-state index contributed by atoms with van der Waals surface area (Å²) >= 11 is 3.45. The summed E-state index contributed by atoms with van der Waals surface area (Å²) in [6.45, 7) is 3.42. The summed E-state index contributed by atoms with van der Waals surface area (Å²) in [5, 5.41) is 2.86. The van der Waals surface area contributed by atoms with E-state index in [1.54, 1.807) is 19.1 Å². The molecule has 0 aromatic heterocycles. The van der Waals surface area contributed by atoms with Crippen molar-refractivity contribution in [1.29, 1.82) is 0 Å². The Morgan fingerprint density at radius 1 is 1.13 bits per heavy atom. The van der Waals surface area contributed by atoms with E-state index in [0.717, 1.165) is 10.0 Å². The number of carbonyl (C=O) groups excluding carboxylic acids is 1. The fraction of sp³-hybridized carbons (Fsp3) is 0.235. The monoisotopic (exact) mass is 395 g/mol. The topological polar surface area (TPSA) is 63.2 Å². The number of hydrogen-bond donors (Lipinski definition) is 1. The van der Waals surface area contributed by atoms with Crippen LogP contribution in [-0.4, -0.2) is 20.1 Å². The minimum absolute atomic E-state index is 0.0446. The molecule has 0 aliphatic rings. The van der Waals surface area contributed by atoms with Crippen LogP contribution in [0.3, 0.4) is 0 Å². The van der Waals surface area contributed by atoms with E-state index in [2.05, 4.69) is 21.2 Å². The highest BCUT2D eigenvalue weighted by atomic mass is 79.9. The van der Waals surface area contributed by atoms with E-state index in [1.165, 1.54) is 12.1 Å². The summed E-state index contributed by atoms with van der Waals surface area (Å²) in [6.07, 6.45) is 0. The van der Waals surface area contributed by atoms with Gasteiger partial charge in [-0.15, -0.1) is 0 Å². The van der Waals surface area contributed by atoms with Gasteiger partial charge in [0.05, 0.1) is 22.3 Å². The van der Waals surface area contributed by atoms with Gasteiger partial charge in [0.1, 0.15) is 0 Å². The van der Waals surface area contributed by atoms with E-state index in [4.69, 9.17) is 0 Å². The lowest BCUT2D eigenvalue weighted by Crippen LogP contribution is -2.28. The van der Waals surface area contributed by atoms with Gasteiger partial charge >= 0.3 is 0 Å². The Kier molecular flexibility index (Phi) is 5.59. The zero-order chi connectivity index (χ0) is 17.0. The van der Waals surface area contributed by atoms with Gasteiger partial charge in [-0.3, -0.25) is 4.79 Å². The average Bonchev–Trinajstić information content (AvgIpc) is 2.55. The minimum atomic E-state index is -3.45. The molecule has 1 N–H and O–H groups in total. The van der Waals surface area contributed by atoms with Crippen molar-refractivity contribution in [3.05, 3.63) is 64.1 Å². The second kappa shape index (κ2) is 7.27. The Balaban J connectivity index is 2.31. The van der Waals surface area contributed by atoms with Crippen LogP contribution >= 0.6 is 15.9 Å². The summed E-state index contributed by atoms with van der Waals surface area (Å²) in [5.41, 5.74) is 1.10. The molecule has 0 bridgehead atoms. The number of sulfone groups is 1. The lowest BCUT2D eigenvalue weighted by atomic mass is 10.1. The molecule has 1 atom stereocenters. The maximum absolute atomic E-state index is 12.5. The quantitative estimate of drug-likeness (QED) is 0.838. The first-order valence-corrected chi connectivity index (χ1v) is 9.68. The smallest absolute Gasteiger partial charge is 0.253 e. The van der Waals surface area contributed by atoms with Crippen LogP contribution in [0.15, 0.2) is 57.9 Å². The molecular formula is C17H18BrNO3S. The second-order valence-electron chi connectivity index (χ2n) is 5.12. The molecule has 2 aromatic rings. The first kappa shape index (κ1) is 17.7. The number of benzene rings is 2. The molecule has 0 heterocycles. The van der Waals surface area contributed by atoms with Gasteiger partial charge in [-0.25, -0.2) is 8.42 Å². The van der Waals surface area contributed by atoms with Crippen molar-refractivity contribution in [3.8, 4) is 0 Å². The van der Waals surface area contributed by atoms with Crippen molar-refractivity contribution < 1.29 is 13.2 Å².